The van der Waals surface area contributed by atoms with E-state index in [1.165, 1.54) is 7.11 Å². The van der Waals surface area contributed by atoms with Crippen molar-refractivity contribution in [1.29, 1.82) is 0 Å². The number of hydrogen-bond acceptors (Lipinski definition) is 7. The summed E-state index contributed by atoms with van der Waals surface area (Å²) in [5.41, 5.74) is 1.82. The molecule has 23 heavy (non-hydrogen) atoms. The second-order valence-corrected chi connectivity index (χ2v) is 4.80. The molecule has 2 N–H and O–H groups in total. The number of carbonyl (C=O) groups is 1. The van der Waals surface area contributed by atoms with Crippen molar-refractivity contribution in [3.8, 4) is 0 Å². The van der Waals surface area contributed by atoms with Crippen molar-refractivity contribution in [3.63, 3.8) is 0 Å². The lowest BCUT2D eigenvalue weighted by Crippen LogP contribution is -2.11. The van der Waals surface area contributed by atoms with E-state index in [9.17, 15) is 4.79 Å². The Morgan fingerprint density at radius 3 is 2.74 bits per heavy atom. The summed E-state index contributed by atoms with van der Waals surface area (Å²) in [6, 6.07) is 8.89. The van der Waals surface area contributed by atoms with Crippen LogP contribution in [0.5, 0.6) is 0 Å². The molecule has 1 aromatic carbocycles. The molecule has 7 nitrogen and oxygen atoms in total. The maximum atomic E-state index is 11.8. The summed E-state index contributed by atoms with van der Waals surface area (Å²) in [6.07, 6.45) is 0. The largest absolute Gasteiger partial charge is 0.465 e. The standard InChI is InChI=1S/C16H20N4O3/c1-11-10-14(17-8-9-22-2)20-16(18-11)19-13-7-5-4-6-12(13)15(21)23-3/h4-7,10H,8-9H2,1-3H3,(H2,17,18,19,20). The van der Waals surface area contributed by atoms with Crippen molar-refractivity contribution in [2.75, 3.05) is 38.0 Å². The molecular formula is C16H20N4O3. The van der Waals surface area contributed by atoms with Crippen molar-refractivity contribution < 1.29 is 14.3 Å². The highest BCUT2D eigenvalue weighted by Gasteiger charge is 2.12. The Balaban J connectivity index is 2.21. The molecule has 0 radical (unpaired) electrons. The summed E-state index contributed by atoms with van der Waals surface area (Å²) >= 11 is 0. The average Bonchev–Trinajstić information content (AvgIpc) is 2.54. The van der Waals surface area contributed by atoms with E-state index in [2.05, 4.69) is 20.6 Å². The summed E-state index contributed by atoms with van der Waals surface area (Å²) in [6.45, 7) is 3.10. The van der Waals surface area contributed by atoms with Crippen LogP contribution >= 0.6 is 0 Å². The van der Waals surface area contributed by atoms with Crippen LogP contribution in [0, 0.1) is 6.92 Å². The number of carbonyl (C=O) groups excluding carboxylic acids is 1. The van der Waals surface area contributed by atoms with E-state index in [0.29, 0.717) is 36.2 Å². The van der Waals surface area contributed by atoms with Crippen molar-refractivity contribution in [2.45, 2.75) is 6.92 Å². The van der Waals surface area contributed by atoms with Crippen LogP contribution < -0.4 is 10.6 Å². The van der Waals surface area contributed by atoms with Gasteiger partial charge in [-0.2, -0.15) is 4.98 Å². The maximum absolute atomic E-state index is 11.8. The number of para-hydroxylation sites is 1. The van der Waals surface area contributed by atoms with Gasteiger partial charge in [0.25, 0.3) is 0 Å². The van der Waals surface area contributed by atoms with Crippen LogP contribution in [-0.2, 0) is 9.47 Å². The monoisotopic (exact) mass is 316 g/mol. The lowest BCUT2D eigenvalue weighted by molar-refractivity contribution is 0.0602. The maximum Gasteiger partial charge on any atom is 0.339 e. The summed E-state index contributed by atoms with van der Waals surface area (Å²) < 4.78 is 9.78. The van der Waals surface area contributed by atoms with Crippen LogP contribution in [0.3, 0.4) is 0 Å². The van der Waals surface area contributed by atoms with Gasteiger partial charge in [0, 0.05) is 25.4 Å². The average molecular weight is 316 g/mol. The number of nitrogens with one attached hydrogen (secondary N) is 2. The van der Waals surface area contributed by atoms with E-state index in [1.807, 2.05) is 19.1 Å². The molecular weight excluding hydrogens is 296 g/mol. The first kappa shape index (κ1) is 16.7. The first-order chi connectivity index (χ1) is 11.1. The Bertz CT molecular complexity index is 676. The Morgan fingerprint density at radius 1 is 1.22 bits per heavy atom. The number of benzene rings is 1. The molecule has 0 aliphatic heterocycles. The van der Waals surface area contributed by atoms with E-state index in [1.54, 1.807) is 25.3 Å². The normalized spacial score (nSPS) is 10.2. The van der Waals surface area contributed by atoms with Crippen LogP contribution in [-0.4, -0.2) is 43.3 Å². The Hall–Kier alpha value is -2.67. The lowest BCUT2D eigenvalue weighted by atomic mass is 10.2. The van der Waals surface area contributed by atoms with Gasteiger partial charge in [-0.3, -0.25) is 0 Å². The highest BCUT2D eigenvalue weighted by atomic mass is 16.5. The van der Waals surface area contributed by atoms with Crippen LogP contribution in [0.15, 0.2) is 30.3 Å². The Morgan fingerprint density at radius 2 is 2.00 bits per heavy atom. The van der Waals surface area contributed by atoms with Gasteiger partial charge >= 0.3 is 5.97 Å². The van der Waals surface area contributed by atoms with Crippen LogP contribution in [0.1, 0.15) is 16.1 Å². The van der Waals surface area contributed by atoms with Gasteiger partial charge in [-0.25, -0.2) is 9.78 Å². The van der Waals surface area contributed by atoms with Gasteiger partial charge in [-0.15, -0.1) is 0 Å². The zero-order chi connectivity index (χ0) is 16.7. The molecule has 0 amide bonds. The first-order valence-electron chi connectivity index (χ1n) is 7.17. The van der Waals surface area contributed by atoms with Crippen LogP contribution in [0.2, 0.25) is 0 Å². The molecule has 2 rings (SSSR count). The number of methoxy groups -OCH3 is 2. The van der Waals surface area contributed by atoms with E-state index >= 15 is 0 Å². The fourth-order valence-electron chi connectivity index (χ4n) is 2.00. The minimum Gasteiger partial charge on any atom is -0.465 e. The second-order valence-electron chi connectivity index (χ2n) is 4.80. The fraction of sp³-hybridized carbons (Fsp3) is 0.312. The summed E-state index contributed by atoms with van der Waals surface area (Å²) in [4.78, 5) is 20.5. The predicted octanol–water partition coefficient (Wildman–Crippen LogP) is 2.37. The number of anilines is 3. The van der Waals surface area contributed by atoms with Gasteiger partial charge < -0.3 is 20.1 Å². The minimum absolute atomic E-state index is 0.404. The molecule has 1 heterocycles. The van der Waals surface area contributed by atoms with Crippen molar-refractivity contribution >= 4 is 23.4 Å². The SMILES string of the molecule is COCCNc1cc(C)nc(Nc2ccccc2C(=O)OC)n1. The van der Waals surface area contributed by atoms with E-state index in [-0.39, 0.29) is 0 Å². The fourth-order valence-corrected chi connectivity index (χ4v) is 2.00. The summed E-state index contributed by atoms with van der Waals surface area (Å²) in [5, 5.41) is 6.22. The number of nitrogens with zero attached hydrogens (tertiary/aromatic N) is 2. The van der Waals surface area contributed by atoms with Gasteiger partial charge in [0.15, 0.2) is 0 Å². The molecule has 0 aliphatic rings. The van der Waals surface area contributed by atoms with Crippen molar-refractivity contribution in [3.05, 3.63) is 41.6 Å². The van der Waals surface area contributed by atoms with Gasteiger partial charge in [0.1, 0.15) is 5.82 Å². The van der Waals surface area contributed by atoms with Crippen LogP contribution in [0.25, 0.3) is 0 Å². The second kappa shape index (κ2) is 8.09. The number of ether oxygens (including phenoxy) is 2. The molecule has 0 bridgehead atoms. The quantitative estimate of drug-likeness (QED) is 0.599. The van der Waals surface area contributed by atoms with Gasteiger partial charge in [-0.1, -0.05) is 12.1 Å². The minimum atomic E-state index is -0.417. The summed E-state index contributed by atoms with van der Waals surface area (Å²) in [7, 11) is 2.99. The van der Waals surface area contributed by atoms with Crippen LogP contribution in [0.4, 0.5) is 17.5 Å². The number of aromatic nitrogens is 2. The highest BCUT2D eigenvalue weighted by molar-refractivity contribution is 5.96. The third-order valence-corrected chi connectivity index (χ3v) is 3.05. The molecule has 0 saturated heterocycles. The van der Waals surface area contributed by atoms with E-state index in [0.717, 1.165) is 5.69 Å². The zero-order valence-corrected chi connectivity index (χ0v) is 13.4. The van der Waals surface area contributed by atoms with Gasteiger partial charge in [-0.05, 0) is 19.1 Å². The zero-order valence-electron chi connectivity index (χ0n) is 13.4. The predicted molar refractivity (Wildman–Crippen MR) is 88.2 cm³/mol. The number of aryl methyl sites for hydroxylation is 1. The molecule has 0 saturated carbocycles. The number of hydrogen-bond donors (Lipinski definition) is 2. The summed E-state index contributed by atoms with van der Waals surface area (Å²) in [5.74, 6) is 0.674. The third kappa shape index (κ3) is 4.65. The highest BCUT2D eigenvalue weighted by Crippen LogP contribution is 2.20. The Kier molecular flexibility index (Phi) is 5.87. The molecule has 122 valence electrons. The van der Waals surface area contributed by atoms with Gasteiger partial charge in [0.05, 0.1) is 25.0 Å². The van der Waals surface area contributed by atoms with E-state index < -0.39 is 5.97 Å². The number of rotatable bonds is 7. The van der Waals surface area contributed by atoms with E-state index in [4.69, 9.17) is 9.47 Å². The van der Waals surface area contributed by atoms with Gasteiger partial charge in [0.2, 0.25) is 5.95 Å². The molecule has 0 fully saturated rings. The molecule has 0 atom stereocenters. The molecule has 2 aromatic rings. The molecule has 1 aromatic heterocycles. The molecule has 0 unspecified atom stereocenters. The molecule has 0 aliphatic carbocycles. The lowest BCUT2D eigenvalue weighted by Gasteiger charge is -2.12. The topological polar surface area (TPSA) is 85.4 Å². The molecule has 0 spiro atoms. The smallest absolute Gasteiger partial charge is 0.339 e. The first-order valence-corrected chi connectivity index (χ1v) is 7.17. The molecule has 7 heteroatoms. The Labute approximate surface area is 135 Å². The number of esters is 1. The van der Waals surface area contributed by atoms with Crippen molar-refractivity contribution in [1.82, 2.24) is 9.97 Å². The third-order valence-electron chi connectivity index (χ3n) is 3.05. The van der Waals surface area contributed by atoms with Crippen molar-refractivity contribution in [2.24, 2.45) is 0 Å².